The normalized spacial score (nSPS) is 15.6. The van der Waals surface area contributed by atoms with E-state index in [1.54, 1.807) is 5.38 Å². The molecule has 25 heavy (non-hydrogen) atoms. The van der Waals surface area contributed by atoms with E-state index in [2.05, 4.69) is 10.3 Å². The van der Waals surface area contributed by atoms with Crippen LogP contribution in [0.25, 0.3) is 0 Å². The Kier molecular flexibility index (Phi) is 6.93. The summed E-state index contributed by atoms with van der Waals surface area (Å²) in [5.74, 6) is -0.381. The lowest BCUT2D eigenvalue weighted by Gasteiger charge is -2.30. The molecule has 1 aliphatic carbocycles. The van der Waals surface area contributed by atoms with Crippen LogP contribution in [0.3, 0.4) is 0 Å². The second-order valence-corrected chi connectivity index (χ2v) is 7.28. The summed E-state index contributed by atoms with van der Waals surface area (Å²) in [6.07, 6.45) is 4.97. The molecule has 0 spiro atoms. The zero-order valence-corrected chi connectivity index (χ0v) is 15.6. The number of nitrogens with two attached hydrogens (primary N) is 1. The van der Waals surface area contributed by atoms with Crippen LogP contribution in [0, 0.1) is 5.82 Å². The third kappa shape index (κ3) is 4.57. The molecule has 4 nitrogen and oxygen atoms in total. The first kappa shape index (κ1) is 19.8. The number of rotatable bonds is 6. The minimum absolute atomic E-state index is 0. The number of thiazole rings is 1. The second-order valence-electron chi connectivity index (χ2n) is 6.34. The lowest BCUT2D eigenvalue weighted by molar-refractivity contribution is 0.0938. The monoisotopic (exact) mass is 383 g/mol. The molecule has 1 heterocycles. The van der Waals surface area contributed by atoms with Crippen molar-refractivity contribution in [3.63, 3.8) is 0 Å². The van der Waals surface area contributed by atoms with Gasteiger partial charge in [-0.05, 0) is 37.1 Å². The van der Waals surface area contributed by atoms with Crippen LogP contribution in [0.1, 0.15) is 46.7 Å². The van der Waals surface area contributed by atoms with E-state index in [-0.39, 0.29) is 29.5 Å². The summed E-state index contributed by atoms with van der Waals surface area (Å²) >= 11 is 1.46. The molecule has 0 atom stereocenters. The predicted octanol–water partition coefficient (Wildman–Crippen LogP) is 3.45. The summed E-state index contributed by atoms with van der Waals surface area (Å²) in [7, 11) is 0. The Hall–Kier alpha value is -1.50. The number of halogens is 2. The predicted molar refractivity (Wildman–Crippen MR) is 101 cm³/mol. The van der Waals surface area contributed by atoms with Gasteiger partial charge in [-0.2, -0.15) is 0 Å². The molecule has 1 aromatic heterocycles. The highest BCUT2D eigenvalue weighted by atomic mass is 35.5. The van der Waals surface area contributed by atoms with Crippen LogP contribution in [0.4, 0.5) is 4.39 Å². The first-order chi connectivity index (χ1) is 11.6. The number of carbonyl (C=O) groups is 1. The van der Waals surface area contributed by atoms with Gasteiger partial charge in [0.25, 0.3) is 5.91 Å². The molecule has 3 N–H and O–H groups in total. The van der Waals surface area contributed by atoms with Crippen LogP contribution >= 0.6 is 23.7 Å². The number of nitrogens with one attached hydrogen (secondary N) is 1. The average molecular weight is 384 g/mol. The fourth-order valence-corrected chi connectivity index (χ4v) is 4.21. The van der Waals surface area contributed by atoms with Gasteiger partial charge in [0.15, 0.2) is 0 Å². The highest BCUT2D eigenvalue weighted by Gasteiger charge is 2.36. The Morgan fingerprint density at radius 2 is 1.96 bits per heavy atom. The van der Waals surface area contributed by atoms with Crippen LogP contribution in [0.2, 0.25) is 0 Å². The summed E-state index contributed by atoms with van der Waals surface area (Å²) < 4.78 is 13.2. The van der Waals surface area contributed by atoms with Crippen molar-refractivity contribution in [3.8, 4) is 0 Å². The van der Waals surface area contributed by atoms with Gasteiger partial charge in [-0.1, -0.05) is 25.0 Å². The Bertz CT molecular complexity index is 699. The van der Waals surface area contributed by atoms with E-state index >= 15 is 0 Å². The molecule has 136 valence electrons. The fraction of sp³-hybridized carbons (Fsp3) is 0.444. The quantitative estimate of drug-likeness (QED) is 0.802. The number of aromatic nitrogens is 1. The molecule has 0 saturated heterocycles. The minimum atomic E-state index is -0.231. The molecular weight excluding hydrogens is 361 g/mol. The molecule has 3 rings (SSSR count). The van der Waals surface area contributed by atoms with Crippen LogP contribution < -0.4 is 11.1 Å². The van der Waals surface area contributed by atoms with E-state index in [9.17, 15) is 9.18 Å². The number of hydrogen-bond donors (Lipinski definition) is 2. The summed E-state index contributed by atoms with van der Waals surface area (Å²) in [6.45, 7) is 1.09. The second kappa shape index (κ2) is 8.74. The molecule has 0 radical (unpaired) electrons. The number of hydrogen-bond acceptors (Lipinski definition) is 4. The molecule has 1 aromatic carbocycles. The molecule has 1 aliphatic rings. The van der Waals surface area contributed by atoms with Gasteiger partial charge >= 0.3 is 0 Å². The van der Waals surface area contributed by atoms with E-state index < -0.39 is 0 Å². The van der Waals surface area contributed by atoms with Gasteiger partial charge in [-0.3, -0.25) is 4.79 Å². The third-order valence-electron chi connectivity index (χ3n) is 4.75. The maximum atomic E-state index is 13.2. The fourth-order valence-electron chi connectivity index (χ4n) is 3.42. The van der Waals surface area contributed by atoms with Gasteiger partial charge in [0.1, 0.15) is 11.5 Å². The molecule has 0 aliphatic heterocycles. The first-order valence-electron chi connectivity index (χ1n) is 8.32. The van der Waals surface area contributed by atoms with E-state index in [1.165, 1.54) is 23.5 Å². The average Bonchev–Trinajstić information content (AvgIpc) is 3.24. The Morgan fingerprint density at radius 3 is 2.60 bits per heavy atom. The smallest absolute Gasteiger partial charge is 0.270 e. The topological polar surface area (TPSA) is 68.0 Å². The van der Waals surface area contributed by atoms with Gasteiger partial charge in [-0.15, -0.1) is 23.7 Å². The van der Waals surface area contributed by atoms with Crippen molar-refractivity contribution in [2.75, 3.05) is 13.1 Å². The van der Waals surface area contributed by atoms with Gasteiger partial charge in [-0.25, -0.2) is 9.37 Å². The van der Waals surface area contributed by atoms with Gasteiger partial charge in [0.2, 0.25) is 0 Å². The Balaban J connectivity index is 0.00000225. The van der Waals surface area contributed by atoms with Crippen molar-refractivity contribution in [2.24, 2.45) is 5.73 Å². The Labute approximate surface area is 157 Å². The van der Waals surface area contributed by atoms with Gasteiger partial charge in [0, 0.05) is 23.8 Å². The van der Waals surface area contributed by atoms with Gasteiger partial charge in [0.05, 0.1) is 5.01 Å². The third-order valence-corrected chi connectivity index (χ3v) is 5.66. The van der Waals surface area contributed by atoms with E-state index in [1.807, 2.05) is 12.1 Å². The van der Waals surface area contributed by atoms with Crippen LogP contribution in [0.5, 0.6) is 0 Å². The summed E-state index contributed by atoms with van der Waals surface area (Å²) in [5.41, 5.74) is 6.98. The number of amides is 1. The lowest BCUT2D eigenvalue weighted by atomic mass is 9.79. The zero-order valence-electron chi connectivity index (χ0n) is 14.0. The Morgan fingerprint density at radius 1 is 1.28 bits per heavy atom. The van der Waals surface area contributed by atoms with Crippen molar-refractivity contribution in [1.29, 1.82) is 0 Å². The van der Waals surface area contributed by atoms with Crippen molar-refractivity contribution in [2.45, 2.75) is 37.5 Å². The minimum Gasteiger partial charge on any atom is -0.350 e. The molecule has 1 saturated carbocycles. The number of carbonyl (C=O) groups excluding carboxylic acids is 1. The summed E-state index contributed by atoms with van der Waals surface area (Å²) in [6, 6.07) is 6.68. The maximum absolute atomic E-state index is 13.2. The molecule has 1 fully saturated rings. The highest BCUT2D eigenvalue weighted by molar-refractivity contribution is 7.09. The van der Waals surface area contributed by atoms with Crippen molar-refractivity contribution in [3.05, 3.63) is 51.7 Å². The van der Waals surface area contributed by atoms with Crippen LogP contribution in [-0.2, 0) is 11.8 Å². The van der Waals surface area contributed by atoms with Crippen molar-refractivity contribution < 1.29 is 9.18 Å². The lowest BCUT2D eigenvalue weighted by Crippen LogP contribution is -2.39. The first-order valence-corrected chi connectivity index (χ1v) is 9.20. The van der Waals surface area contributed by atoms with Crippen molar-refractivity contribution >= 4 is 29.7 Å². The van der Waals surface area contributed by atoms with Crippen molar-refractivity contribution in [1.82, 2.24) is 10.3 Å². The van der Waals surface area contributed by atoms with E-state index in [0.717, 1.165) is 36.3 Å². The van der Waals surface area contributed by atoms with E-state index in [4.69, 9.17) is 5.73 Å². The molecule has 0 bridgehead atoms. The molecule has 7 heteroatoms. The standard InChI is InChI=1S/C18H22FN3OS.ClH/c19-14-5-3-13(4-6-14)18(8-1-2-9-18)12-21-17(23)15-11-24-16(22-15)7-10-20;/h3-6,11H,1-2,7-10,12,20H2,(H,21,23);1H. The van der Waals surface area contributed by atoms with Crippen LogP contribution in [0.15, 0.2) is 29.6 Å². The summed E-state index contributed by atoms with van der Waals surface area (Å²) in [4.78, 5) is 16.7. The molecule has 1 amide bonds. The molecule has 2 aromatic rings. The summed E-state index contributed by atoms with van der Waals surface area (Å²) in [5, 5.41) is 5.69. The highest BCUT2D eigenvalue weighted by Crippen LogP contribution is 2.40. The van der Waals surface area contributed by atoms with Crippen LogP contribution in [-0.4, -0.2) is 24.0 Å². The zero-order chi connectivity index (χ0) is 17.0. The molecule has 0 unspecified atom stereocenters. The van der Waals surface area contributed by atoms with Gasteiger partial charge < -0.3 is 11.1 Å². The maximum Gasteiger partial charge on any atom is 0.270 e. The SMILES string of the molecule is Cl.NCCc1nc(C(=O)NCC2(c3ccc(F)cc3)CCCC2)cs1. The number of benzene rings is 1. The largest absolute Gasteiger partial charge is 0.350 e. The number of nitrogens with zero attached hydrogens (tertiary/aromatic N) is 1. The molecular formula is C18H23ClFN3OS. The van der Waals surface area contributed by atoms with E-state index in [0.29, 0.717) is 25.2 Å².